The Kier molecular flexibility index (Phi) is 16.0. The van der Waals surface area contributed by atoms with Crippen molar-refractivity contribution < 1.29 is 0 Å². The first-order chi connectivity index (χ1) is 63.0. The average molecular weight is 1630 g/mol. The molecule has 4 aliphatic rings. The van der Waals surface area contributed by atoms with Crippen LogP contribution in [0.2, 0.25) is 0 Å². The molecule has 19 aromatic carbocycles. The van der Waals surface area contributed by atoms with Crippen LogP contribution in [-0.4, -0.2) is 33.6 Å². The van der Waals surface area contributed by atoms with Gasteiger partial charge in [-0.15, -0.1) is 0 Å². The van der Waals surface area contributed by atoms with Crippen molar-refractivity contribution in [3.63, 3.8) is 0 Å². The Morgan fingerprint density at radius 3 is 1.02 bits per heavy atom. The van der Waals surface area contributed by atoms with Gasteiger partial charge in [-0.3, -0.25) is 9.13 Å². The Bertz CT molecular complexity index is 8690. The van der Waals surface area contributed by atoms with Gasteiger partial charge in [-0.2, -0.15) is 0 Å². The Morgan fingerprint density at radius 1 is 0.203 bits per heavy atom. The van der Waals surface area contributed by atoms with Crippen molar-refractivity contribution in [2.24, 2.45) is 0 Å². The van der Waals surface area contributed by atoms with E-state index in [9.17, 15) is 0 Å². The minimum atomic E-state index is -0.402. The SMILES string of the molecule is CC1(C)c2cc3c4ccccc4n(-c4nc(-c5ccccc5)c5ccccc5n4)c3cc2-c2cccc3cccc1c23.CC1(C)c2cc3c4ccccc4n(-c4nc(-c5ccccc5)cc(-c5ccccc5)n4)c3cc2-c2cccc3cccc1c23.c1ccc(-n2c3ccccc3c3cc4c(cc32)-c2cccc3cccc(c23)C42c3ccccc3-c3ccccc32)cc1. The summed E-state index contributed by atoms with van der Waals surface area (Å²) in [4.78, 5) is 20.9. The van der Waals surface area contributed by atoms with E-state index in [1.807, 2.05) is 18.2 Å². The average Bonchev–Trinajstić information content (AvgIpc) is 1.46. The molecule has 24 aromatic rings. The van der Waals surface area contributed by atoms with E-state index in [-0.39, 0.29) is 10.8 Å². The first-order valence-corrected chi connectivity index (χ1v) is 44.4. The molecule has 0 N–H and O–H groups in total. The lowest BCUT2D eigenvalue weighted by Gasteiger charge is -2.40. The topological polar surface area (TPSA) is 66.3 Å². The normalized spacial score (nSPS) is 13.7. The number of hydrogen-bond donors (Lipinski definition) is 0. The fraction of sp³-hybridized carbons (Fsp3) is 0.0579. The zero-order valence-electron chi connectivity index (χ0n) is 71.0. The summed E-state index contributed by atoms with van der Waals surface area (Å²) in [7, 11) is 0. The molecule has 5 heterocycles. The van der Waals surface area contributed by atoms with E-state index in [0.29, 0.717) is 11.9 Å². The first-order valence-electron chi connectivity index (χ1n) is 44.4. The molecule has 0 unspecified atom stereocenters. The smallest absolute Gasteiger partial charge is 0.235 e. The predicted molar refractivity (Wildman–Crippen MR) is 531 cm³/mol. The molecule has 28 rings (SSSR count). The molecule has 0 fully saturated rings. The van der Waals surface area contributed by atoms with Gasteiger partial charge in [-0.05, 0) is 200 Å². The monoisotopic (exact) mass is 1630 g/mol. The molecule has 4 aliphatic carbocycles. The molecular formula is C121H81N7. The third-order valence-corrected chi connectivity index (χ3v) is 28.4. The van der Waals surface area contributed by atoms with Gasteiger partial charge in [0.1, 0.15) is 0 Å². The summed E-state index contributed by atoms with van der Waals surface area (Å²) in [6.07, 6.45) is 0. The van der Waals surface area contributed by atoms with Crippen molar-refractivity contribution in [3.05, 3.63) is 463 Å². The molecule has 7 nitrogen and oxygen atoms in total. The molecule has 7 heteroatoms. The molecule has 0 saturated carbocycles. The first kappa shape index (κ1) is 73.3. The van der Waals surface area contributed by atoms with E-state index in [4.69, 9.17) is 19.9 Å². The minimum Gasteiger partial charge on any atom is -0.309 e. The second-order valence-electron chi connectivity index (χ2n) is 35.8. The Labute approximate surface area is 740 Å². The Balaban J connectivity index is 0.000000102. The molecule has 0 amide bonds. The zero-order chi connectivity index (χ0) is 84.8. The van der Waals surface area contributed by atoms with Crippen LogP contribution in [0.3, 0.4) is 0 Å². The number of nitrogens with zero attached hydrogens (tertiary/aromatic N) is 7. The van der Waals surface area contributed by atoms with Crippen LogP contribution in [0, 0.1) is 0 Å². The number of rotatable bonds is 6. The highest BCUT2D eigenvalue weighted by molar-refractivity contribution is 6.18. The quantitative estimate of drug-likeness (QED) is 0.166. The van der Waals surface area contributed by atoms with Crippen LogP contribution in [0.25, 0.3) is 205 Å². The lowest BCUT2D eigenvalue weighted by molar-refractivity contribution is 0.646. The van der Waals surface area contributed by atoms with E-state index < -0.39 is 5.41 Å². The fourth-order valence-corrected chi connectivity index (χ4v) is 22.7. The van der Waals surface area contributed by atoms with Gasteiger partial charge in [0, 0.05) is 70.9 Å². The maximum atomic E-state index is 5.28. The number of fused-ring (bicyclic) bond motifs is 23. The van der Waals surface area contributed by atoms with Crippen LogP contribution in [0.4, 0.5) is 0 Å². The lowest BCUT2D eigenvalue weighted by Crippen LogP contribution is -2.31. The lowest BCUT2D eigenvalue weighted by atomic mass is 9.61. The molecule has 5 aromatic heterocycles. The fourth-order valence-electron chi connectivity index (χ4n) is 22.7. The van der Waals surface area contributed by atoms with Gasteiger partial charge in [-0.1, -0.05) is 367 Å². The summed E-state index contributed by atoms with van der Waals surface area (Å²) in [5.74, 6) is 1.36. The van der Waals surface area contributed by atoms with Crippen molar-refractivity contribution >= 4 is 109 Å². The van der Waals surface area contributed by atoms with Crippen LogP contribution in [0.15, 0.2) is 419 Å². The summed E-state index contributed by atoms with van der Waals surface area (Å²) >= 11 is 0. The summed E-state index contributed by atoms with van der Waals surface area (Å²) in [6, 6.07) is 152. The van der Waals surface area contributed by atoms with Crippen LogP contribution in [-0.2, 0) is 16.2 Å². The molecular weight excluding hydrogens is 1550 g/mol. The zero-order valence-corrected chi connectivity index (χ0v) is 71.0. The van der Waals surface area contributed by atoms with Gasteiger partial charge in [-0.25, -0.2) is 19.9 Å². The van der Waals surface area contributed by atoms with Crippen LogP contribution in [0.1, 0.15) is 72.2 Å². The van der Waals surface area contributed by atoms with Crippen molar-refractivity contribution in [2.45, 2.75) is 43.9 Å². The molecule has 0 radical (unpaired) electrons. The van der Waals surface area contributed by atoms with Gasteiger partial charge in [0.2, 0.25) is 11.9 Å². The maximum absolute atomic E-state index is 5.28. The third-order valence-electron chi connectivity index (χ3n) is 28.4. The summed E-state index contributed by atoms with van der Waals surface area (Å²) in [6.45, 7) is 9.45. The van der Waals surface area contributed by atoms with Crippen molar-refractivity contribution in [1.82, 2.24) is 33.6 Å². The van der Waals surface area contributed by atoms with E-state index in [1.54, 1.807) is 0 Å². The van der Waals surface area contributed by atoms with Gasteiger partial charge in [0.25, 0.3) is 0 Å². The highest BCUT2D eigenvalue weighted by Gasteiger charge is 2.51. The van der Waals surface area contributed by atoms with Crippen molar-refractivity contribution in [2.75, 3.05) is 0 Å². The minimum absolute atomic E-state index is 0.138. The highest BCUT2D eigenvalue weighted by atomic mass is 15.2. The van der Waals surface area contributed by atoms with Gasteiger partial charge in [0.05, 0.1) is 61.1 Å². The summed E-state index contributed by atoms with van der Waals surface area (Å²) in [5.41, 5.74) is 35.7. The largest absolute Gasteiger partial charge is 0.309 e. The standard InChI is InChI=1S/C41H29N3.C41H25N.C39H27N3/c1-41(2)33-21-12-18-28-17-11-20-30(39(28)33)31-24-38-32(23-34(31)41)29-19-9-10-22-37(29)44(38)40-42-35(26-13-5-3-6-14-26)25-36(43-40)27-15-7-4-8-16-27;1-2-14-27(15-3-1)42-38-23-9-6-18-30(38)33-24-37-32(25-39(33)42)31-19-10-12-26-13-11-22-36(40(26)31)41(37)34-20-7-4-16-28(34)29-17-5-8-21-35(29)41;1-39(2)31-19-11-15-24-14-10-18-27(36(24)31)29-23-35-30(22-32(29)39)26-16-7-9-21-34(26)42(35)38-40-33-20-8-6-17-28(33)37(41-38)25-12-4-3-5-13-25/h3-25H,1-2H3;1-25H;3-23H,1-2H3. The van der Waals surface area contributed by atoms with Crippen molar-refractivity contribution in [1.29, 1.82) is 0 Å². The Hall–Kier alpha value is -16.2. The molecule has 128 heavy (non-hydrogen) atoms. The van der Waals surface area contributed by atoms with Crippen LogP contribution >= 0.6 is 0 Å². The van der Waals surface area contributed by atoms with E-state index in [2.05, 4.69) is 442 Å². The van der Waals surface area contributed by atoms with E-state index in [0.717, 1.165) is 66.7 Å². The molecule has 1 spiro atoms. The third kappa shape index (κ3) is 10.6. The highest BCUT2D eigenvalue weighted by Crippen LogP contribution is 2.63. The summed E-state index contributed by atoms with van der Waals surface area (Å²) < 4.78 is 6.96. The molecule has 600 valence electrons. The summed E-state index contributed by atoms with van der Waals surface area (Å²) in [5, 5.41) is 16.4. The second kappa shape index (κ2) is 27.9. The number of para-hydroxylation sites is 5. The maximum Gasteiger partial charge on any atom is 0.235 e. The van der Waals surface area contributed by atoms with E-state index in [1.165, 1.54) is 170 Å². The molecule has 0 aliphatic heterocycles. The van der Waals surface area contributed by atoms with Crippen LogP contribution < -0.4 is 0 Å². The van der Waals surface area contributed by atoms with Crippen LogP contribution in [0.5, 0.6) is 0 Å². The number of benzene rings is 19. The van der Waals surface area contributed by atoms with E-state index >= 15 is 0 Å². The number of hydrogen-bond acceptors (Lipinski definition) is 4. The Morgan fingerprint density at radius 2 is 0.539 bits per heavy atom. The van der Waals surface area contributed by atoms with Crippen molar-refractivity contribution in [3.8, 4) is 95.9 Å². The number of aromatic nitrogens is 7. The predicted octanol–water partition coefficient (Wildman–Crippen LogP) is 30.5. The molecule has 0 atom stereocenters. The molecule has 0 bridgehead atoms. The van der Waals surface area contributed by atoms with Gasteiger partial charge in [0.15, 0.2) is 0 Å². The second-order valence-corrected chi connectivity index (χ2v) is 35.8. The molecule has 0 saturated heterocycles. The van der Waals surface area contributed by atoms with Gasteiger partial charge >= 0.3 is 0 Å². The van der Waals surface area contributed by atoms with Gasteiger partial charge < -0.3 is 4.57 Å².